The van der Waals surface area contributed by atoms with Crippen molar-refractivity contribution in [2.24, 2.45) is 0 Å². The van der Waals surface area contributed by atoms with E-state index < -0.39 is 0 Å². The lowest BCUT2D eigenvalue weighted by Crippen LogP contribution is -1.94. The van der Waals surface area contributed by atoms with Gasteiger partial charge in [-0.3, -0.25) is 4.79 Å². The van der Waals surface area contributed by atoms with Crippen molar-refractivity contribution >= 4 is 6.47 Å². The quantitative estimate of drug-likeness (QED) is 0.462. The first-order chi connectivity index (χ1) is 4.93. The van der Waals surface area contributed by atoms with Gasteiger partial charge in [0.15, 0.2) is 0 Å². The lowest BCUT2D eigenvalue weighted by molar-refractivity contribution is -0.128. The van der Waals surface area contributed by atoms with Crippen molar-refractivity contribution in [3.8, 4) is 0 Å². The molecule has 0 amide bonds. The number of hydrogen-bond donors (Lipinski definition) is 0. The number of hydrogen-bond acceptors (Lipinski definition) is 3. The molecule has 0 fully saturated rings. The summed E-state index contributed by atoms with van der Waals surface area (Å²) < 4.78 is 9.45. The van der Waals surface area contributed by atoms with Crippen LogP contribution in [0.25, 0.3) is 0 Å². The summed E-state index contributed by atoms with van der Waals surface area (Å²) in [4.78, 5) is 9.68. The van der Waals surface area contributed by atoms with Crippen LogP contribution in [0.2, 0.25) is 0 Å². The smallest absolute Gasteiger partial charge is 0.293 e. The van der Waals surface area contributed by atoms with Gasteiger partial charge in [-0.2, -0.15) is 0 Å². The molecule has 1 aromatic rings. The Balaban J connectivity index is 2.21. The molecule has 54 valence electrons. The minimum Gasteiger partial charge on any atom is -0.469 e. The maximum atomic E-state index is 9.68. The highest BCUT2D eigenvalue weighted by Crippen LogP contribution is 1.99. The molecule has 10 heavy (non-hydrogen) atoms. The van der Waals surface area contributed by atoms with E-state index in [0.717, 1.165) is 5.76 Å². The van der Waals surface area contributed by atoms with Gasteiger partial charge in [-0.05, 0) is 12.1 Å². The van der Waals surface area contributed by atoms with Gasteiger partial charge in [0.25, 0.3) is 6.47 Å². The van der Waals surface area contributed by atoms with E-state index in [9.17, 15) is 4.79 Å². The Morgan fingerprint density at radius 2 is 2.60 bits per heavy atom. The number of carbonyl (C=O) groups is 1. The molecule has 3 heteroatoms. The van der Waals surface area contributed by atoms with Gasteiger partial charge in [0.1, 0.15) is 5.76 Å². The van der Waals surface area contributed by atoms with E-state index in [4.69, 9.17) is 4.42 Å². The molecule has 1 aromatic heterocycles. The second-order valence-corrected chi connectivity index (χ2v) is 1.80. The predicted octanol–water partition coefficient (Wildman–Crippen LogP) is 0.995. The molecule has 0 aliphatic rings. The summed E-state index contributed by atoms with van der Waals surface area (Å²) in [7, 11) is 0. The fraction of sp³-hybridized carbons (Fsp3) is 0.286. The highest BCUT2D eigenvalue weighted by molar-refractivity contribution is 5.36. The molecule has 0 saturated heterocycles. The summed E-state index contributed by atoms with van der Waals surface area (Å²) in [6.07, 6.45) is 2.24. The van der Waals surface area contributed by atoms with Gasteiger partial charge in [-0.1, -0.05) is 0 Å². The van der Waals surface area contributed by atoms with Crippen molar-refractivity contribution in [2.75, 3.05) is 6.61 Å². The van der Waals surface area contributed by atoms with Gasteiger partial charge < -0.3 is 9.15 Å². The van der Waals surface area contributed by atoms with E-state index in [1.807, 2.05) is 6.07 Å². The van der Waals surface area contributed by atoms with Crippen molar-refractivity contribution in [1.82, 2.24) is 0 Å². The van der Waals surface area contributed by atoms with Crippen molar-refractivity contribution in [1.29, 1.82) is 0 Å². The highest BCUT2D eigenvalue weighted by atomic mass is 16.5. The van der Waals surface area contributed by atoms with E-state index in [0.29, 0.717) is 19.5 Å². The minimum atomic E-state index is 0.386. The molecule has 0 spiro atoms. The molecular formula is C7H8O3. The minimum absolute atomic E-state index is 0.386. The predicted molar refractivity (Wildman–Crippen MR) is 34.4 cm³/mol. The molecule has 1 rings (SSSR count). The van der Waals surface area contributed by atoms with Crippen molar-refractivity contribution < 1.29 is 13.9 Å². The summed E-state index contributed by atoms with van der Waals surface area (Å²) in [5.41, 5.74) is 0. The van der Waals surface area contributed by atoms with Crippen LogP contribution in [0, 0.1) is 0 Å². The summed E-state index contributed by atoms with van der Waals surface area (Å²) in [6.45, 7) is 0.819. The molecule has 1 heterocycles. The summed E-state index contributed by atoms with van der Waals surface area (Å²) in [6, 6.07) is 3.64. The van der Waals surface area contributed by atoms with Gasteiger partial charge in [0.2, 0.25) is 0 Å². The lowest BCUT2D eigenvalue weighted by Gasteiger charge is -1.93. The molecule has 0 atom stereocenters. The summed E-state index contributed by atoms with van der Waals surface area (Å²) in [5.74, 6) is 0.835. The first-order valence-electron chi connectivity index (χ1n) is 3.01. The van der Waals surface area contributed by atoms with E-state index in [1.54, 1.807) is 12.3 Å². The van der Waals surface area contributed by atoms with Crippen molar-refractivity contribution in [3.63, 3.8) is 0 Å². The van der Waals surface area contributed by atoms with Crippen LogP contribution >= 0.6 is 0 Å². The Kier molecular flexibility index (Phi) is 2.55. The van der Waals surface area contributed by atoms with Crippen LogP contribution in [0.4, 0.5) is 0 Å². The molecule has 0 saturated carbocycles. The van der Waals surface area contributed by atoms with E-state index in [-0.39, 0.29) is 0 Å². The van der Waals surface area contributed by atoms with Gasteiger partial charge >= 0.3 is 0 Å². The highest BCUT2D eigenvalue weighted by Gasteiger charge is 1.93. The normalized spacial score (nSPS) is 9.20. The van der Waals surface area contributed by atoms with Crippen LogP contribution in [0.15, 0.2) is 22.8 Å². The zero-order valence-corrected chi connectivity index (χ0v) is 5.45. The third-order valence-corrected chi connectivity index (χ3v) is 1.11. The second kappa shape index (κ2) is 3.71. The molecule has 0 unspecified atom stereocenters. The summed E-state index contributed by atoms with van der Waals surface area (Å²) >= 11 is 0. The Morgan fingerprint density at radius 1 is 1.70 bits per heavy atom. The maximum Gasteiger partial charge on any atom is 0.293 e. The van der Waals surface area contributed by atoms with Crippen molar-refractivity contribution in [3.05, 3.63) is 24.2 Å². The molecule has 0 N–H and O–H groups in total. The lowest BCUT2D eigenvalue weighted by atomic mass is 10.3. The average molecular weight is 140 g/mol. The topological polar surface area (TPSA) is 39.4 Å². The molecule has 0 radical (unpaired) electrons. The largest absolute Gasteiger partial charge is 0.469 e. The number of ether oxygens (including phenoxy) is 1. The standard InChI is InChI=1S/C7H8O3/c8-6-9-5-3-7-2-1-4-10-7/h1-2,4,6H,3,5H2. The van der Waals surface area contributed by atoms with Crippen LogP contribution in [-0.4, -0.2) is 13.1 Å². The van der Waals surface area contributed by atoms with Gasteiger partial charge in [-0.25, -0.2) is 0 Å². The molecule has 3 nitrogen and oxygen atoms in total. The van der Waals surface area contributed by atoms with E-state index in [1.165, 1.54) is 0 Å². The zero-order valence-electron chi connectivity index (χ0n) is 5.45. The van der Waals surface area contributed by atoms with Crippen LogP contribution in [0.5, 0.6) is 0 Å². The zero-order chi connectivity index (χ0) is 7.23. The number of furan rings is 1. The third kappa shape index (κ3) is 1.93. The van der Waals surface area contributed by atoms with Crippen molar-refractivity contribution in [2.45, 2.75) is 6.42 Å². The first-order valence-corrected chi connectivity index (χ1v) is 3.01. The van der Waals surface area contributed by atoms with E-state index in [2.05, 4.69) is 4.74 Å². The Hall–Kier alpha value is -1.25. The molecule has 0 aliphatic heterocycles. The third-order valence-electron chi connectivity index (χ3n) is 1.11. The molecule has 0 bridgehead atoms. The average Bonchev–Trinajstić information content (AvgIpc) is 2.41. The van der Waals surface area contributed by atoms with Crippen LogP contribution in [-0.2, 0) is 16.0 Å². The molecule has 0 aromatic carbocycles. The fourth-order valence-electron chi connectivity index (χ4n) is 0.662. The van der Waals surface area contributed by atoms with Crippen LogP contribution in [0.1, 0.15) is 5.76 Å². The number of rotatable bonds is 4. The number of carbonyl (C=O) groups excluding carboxylic acids is 1. The van der Waals surface area contributed by atoms with Gasteiger partial charge in [0.05, 0.1) is 12.9 Å². The SMILES string of the molecule is O=COCCc1ccco1. The first kappa shape index (κ1) is 6.86. The Morgan fingerprint density at radius 3 is 3.20 bits per heavy atom. The molecule has 0 aliphatic carbocycles. The van der Waals surface area contributed by atoms with E-state index >= 15 is 0 Å². The van der Waals surface area contributed by atoms with Crippen LogP contribution < -0.4 is 0 Å². The van der Waals surface area contributed by atoms with Gasteiger partial charge in [0, 0.05) is 6.42 Å². The Bertz CT molecular complexity index is 179. The molecular weight excluding hydrogens is 132 g/mol. The van der Waals surface area contributed by atoms with Gasteiger partial charge in [-0.15, -0.1) is 0 Å². The maximum absolute atomic E-state index is 9.68. The Labute approximate surface area is 58.6 Å². The summed E-state index contributed by atoms with van der Waals surface area (Å²) in [5, 5.41) is 0. The fourth-order valence-corrected chi connectivity index (χ4v) is 0.662. The van der Waals surface area contributed by atoms with Crippen LogP contribution in [0.3, 0.4) is 0 Å². The second-order valence-electron chi connectivity index (χ2n) is 1.80. The monoisotopic (exact) mass is 140 g/mol.